The maximum Gasteiger partial charge on any atom is 0.201 e. The molecule has 0 bridgehead atoms. The maximum atomic E-state index is 13.3. The van der Waals surface area contributed by atoms with Crippen LogP contribution in [0.3, 0.4) is 0 Å². The van der Waals surface area contributed by atoms with E-state index in [1.807, 2.05) is 0 Å². The summed E-state index contributed by atoms with van der Waals surface area (Å²) in [4.78, 5) is 26.4. The Labute approximate surface area is 232 Å². The summed E-state index contributed by atoms with van der Waals surface area (Å²) in [6.07, 6.45) is 13.0. The first kappa shape index (κ1) is 30.8. The van der Waals surface area contributed by atoms with Gasteiger partial charge >= 0.3 is 0 Å². The van der Waals surface area contributed by atoms with Crippen LogP contribution in [0.15, 0.2) is 24.3 Å². The third-order valence-electron chi connectivity index (χ3n) is 7.18. The predicted octanol–water partition coefficient (Wildman–Crippen LogP) is 3.38. The van der Waals surface area contributed by atoms with Gasteiger partial charge < -0.3 is 36.4 Å². The van der Waals surface area contributed by atoms with E-state index < -0.39 is 11.6 Å². The molecule has 2 aromatic carbocycles. The van der Waals surface area contributed by atoms with Gasteiger partial charge in [-0.1, -0.05) is 58.3 Å². The molecule has 0 unspecified atom stereocenters. The molecule has 0 aromatic heterocycles. The van der Waals surface area contributed by atoms with E-state index in [9.17, 15) is 19.8 Å². The van der Waals surface area contributed by atoms with E-state index in [1.54, 1.807) is 12.1 Å². The number of methoxy groups -OCH3 is 1. The van der Waals surface area contributed by atoms with Gasteiger partial charge in [-0.3, -0.25) is 9.59 Å². The Bertz CT molecular complexity index is 1100. The van der Waals surface area contributed by atoms with Crippen molar-refractivity contribution >= 4 is 11.6 Å². The number of unbranched alkanes of at least 4 members (excludes halogenated alkanes) is 9. The number of rotatable bonds is 14. The first-order chi connectivity index (χ1) is 17.2. The van der Waals surface area contributed by atoms with Crippen LogP contribution < -0.4 is 21.7 Å². The van der Waals surface area contributed by atoms with Crippen LogP contribution >= 0.6 is 0 Å². The lowest BCUT2D eigenvalue weighted by molar-refractivity contribution is -0.903. The second-order valence-electron chi connectivity index (χ2n) is 10.8. The Morgan fingerprint density at radius 3 is 1.81 bits per heavy atom. The van der Waals surface area contributed by atoms with E-state index in [0.29, 0.717) is 12.3 Å². The van der Waals surface area contributed by atoms with E-state index in [4.69, 9.17) is 4.74 Å². The number of fused-ring (bicyclic) bond motifs is 2. The standard InChI is InChI=1S/C30H41NO5.BrH/c1-5-6-7-8-9-10-11-12-13-14-15-31(2,3)20-21-16-23-27(25(32)17-21)30(35)28-24(29(23)34)18-22(36-4)19-26(28)33;/h16-19H,5-15,20H2,1-4H3,(H-,32,33,35);1H. The number of phenolic OH excluding ortho intramolecular Hbond substituents is 2. The predicted molar refractivity (Wildman–Crippen MR) is 142 cm³/mol. The van der Waals surface area contributed by atoms with Crippen molar-refractivity contribution in [2.45, 2.75) is 77.7 Å². The number of hydrogen-bond acceptors (Lipinski definition) is 5. The molecule has 6 nitrogen and oxygen atoms in total. The van der Waals surface area contributed by atoms with Gasteiger partial charge in [-0.05, 0) is 31.0 Å². The molecule has 0 heterocycles. The summed E-state index contributed by atoms with van der Waals surface area (Å²) in [5.74, 6) is -1.20. The number of carbonyl (C=O) groups excluding carboxylic acids is 2. The zero-order valence-electron chi connectivity index (χ0n) is 22.7. The largest absolute Gasteiger partial charge is 1.00 e. The molecule has 0 amide bonds. The van der Waals surface area contributed by atoms with Gasteiger partial charge in [0.1, 0.15) is 23.8 Å². The Kier molecular flexibility index (Phi) is 11.6. The highest BCUT2D eigenvalue weighted by molar-refractivity contribution is 6.30. The highest BCUT2D eigenvalue weighted by Gasteiger charge is 2.35. The number of phenols is 2. The molecule has 2 aromatic rings. The quantitative estimate of drug-likeness (QED) is 0.227. The number of ketones is 2. The molecule has 1 aliphatic carbocycles. The monoisotopic (exact) mass is 575 g/mol. The van der Waals surface area contributed by atoms with Crippen LogP contribution in [0.25, 0.3) is 0 Å². The van der Waals surface area contributed by atoms with Crippen molar-refractivity contribution in [2.75, 3.05) is 27.7 Å². The lowest BCUT2D eigenvalue weighted by Gasteiger charge is -2.30. The zero-order valence-corrected chi connectivity index (χ0v) is 24.3. The van der Waals surface area contributed by atoms with E-state index in [-0.39, 0.29) is 50.7 Å². The number of halogens is 1. The molecule has 0 aliphatic heterocycles. The molecule has 0 spiro atoms. The Hall–Kier alpha value is -2.38. The molecule has 3 rings (SSSR count). The van der Waals surface area contributed by atoms with Crippen LogP contribution in [0.2, 0.25) is 0 Å². The van der Waals surface area contributed by atoms with Gasteiger partial charge in [-0.15, -0.1) is 0 Å². The molecule has 0 fully saturated rings. The number of carbonyl (C=O) groups is 2. The Morgan fingerprint density at radius 2 is 1.24 bits per heavy atom. The SMILES string of the molecule is CCCCCCCCCCCC[N+](C)(C)Cc1cc(O)c2c(c1)C(=O)c1cc(OC)cc(O)c1C2=O.[Br-]. The van der Waals surface area contributed by atoms with Gasteiger partial charge in [0.25, 0.3) is 0 Å². The minimum atomic E-state index is -0.553. The van der Waals surface area contributed by atoms with E-state index in [0.717, 1.165) is 23.0 Å². The molecule has 0 saturated heterocycles. The summed E-state index contributed by atoms with van der Waals surface area (Å²) in [5, 5.41) is 21.1. The highest BCUT2D eigenvalue weighted by Crippen LogP contribution is 2.39. The molecule has 0 saturated carbocycles. The first-order valence-electron chi connectivity index (χ1n) is 13.4. The van der Waals surface area contributed by atoms with Crippen LogP contribution in [0.1, 0.15) is 109 Å². The molecular formula is C30H42BrNO5. The fourth-order valence-electron chi connectivity index (χ4n) is 5.20. The number of ether oxygens (including phenoxy) is 1. The van der Waals surface area contributed by atoms with Crippen molar-refractivity contribution in [3.05, 3.63) is 52.1 Å². The summed E-state index contributed by atoms with van der Waals surface area (Å²) >= 11 is 0. The summed E-state index contributed by atoms with van der Waals surface area (Å²) in [6.45, 7) is 3.88. The second kappa shape index (κ2) is 14.0. The van der Waals surface area contributed by atoms with E-state index >= 15 is 0 Å². The van der Waals surface area contributed by atoms with Crippen molar-refractivity contribution in [1.29, 1.82) is 0 Å². The third kappa shape index (κ3) is 7.81. The number of aromatic hydroxyl groups is 2. The number of nitrogens with zero attached hydrogens (tertiary/aromatic N) is 1. The fourth-order valence-corrected chi connectivity index (χ4v) is 5.20. The topological polar surface area (TPSA) is 83.8 Å². The van der Waals surface area contributed by atoms with Crippen LogP contribution in [0, 0.1) is 0 Å². The van der Waals surface area contributed by atoms with Crippen molar-refractivity contribution in [1.82, 2.24) is 0 Å². The fraction of sp³-hybridized carbons (Fsp3) is 0.533. The molecule has 37 heavy (non-hydrogen) atoms. The van der Waals surface area contributed by atoms with Crippen LogP contribution in [0.5, 0.6) is 17.2 Å². The lowest BCUT2D eigenvalue weighted by atomic mass is 9.82. The average Bonchev–Trinajstić information content (AvgIpc) is 2.82. The molecule has 7 heteroatoms. The van der Waals surface area contributed by atoms with Gasteiger partial charge in [0.05, 0.1) is 38.9 Å². The van der Waals surface area contributed by atoms with Crippen molar-refractivity contribution in [2.24, 2.45) is 0 Å². The molecule has 0 radical (unpaired) electrons. The first-order valence-corrected chi connectivity index (χ1v) is 13.4. The number of benzene rings is 2. The molecular weight excluding hydrogens is 534 g/mol. The normalized spacial score (nSPS) is 12.6. The smallest absolute Gasteiger partial charge is 0.201 e. The van der Waals surface area contributed by atoms with Crippen molar-refractivity contribution in [3.63, 3.8) is 0 Å². The summed E-state index contributed by atoms with van der Waals surface area (Å²) in [5.41, 5.74) is 0.944. The second-order valence-corrected chi connectivity index (χ2v) is 10.8. The minimum Gasteiger partial charge on any atom is -1.00 e. The van der Waals surface area contributed by atoms with E-state index in [2.05, 4.69) is 21.0 Å². The van der Waals surface area contributed by atoms with Crippen LogP contribution in [0.4, 0.5) is 0 Å². The van der Waals surface area contributed by atoms with Gasteiger partial charge in [0.15, 0.2) is 5.78 Å². The van der Waals surface area contributed by atoms with Gasteiger partial charge in [0.2, 0.25) is 5.78 Å². The van der Waals surface area contributed by atoms with Crippen molar-refractivity contribution in [3.8, 4) is 17.2 Å². The van der Waals surface area contributed by atoms with Gasteiger partial charge in [-0.25, -0.2) is 0 Å². The summed E-state index contributed by atoms with van der Waals surface area (Å²) < 4.78 is 5.88. The van der Waals surface area contributed by atoms with Crippen molar-refractivity contribution < 1.29 is 46.0 Å². The molecule has 0 atom stereocenters. The van der Waals surface area contributed by atoms with Crippen LogP contribution in [-0.4, -0.2) is 54.0 Å². The summed E-state index contributed by atoms with van der Waals surface area (Å²) in [7, 11) is 5.73. The highest BCUT2D eigenvalue weighted by atomic mass is 79.9. The van der Waals surface area contributed by atoms with Crippen LogP contribution in [-0.2, 0) is 6.54 Å². The number of hydrogen-bond donors (Lipinski definition) is 2. The Balaban J connectivity index is 0.00000481. The van der Waals surface area contributed by atoms with Gasteiger partial charge in [-0.2, -0.15) is 0 Å². The van der Waals surface area contributed by atoms with E-state index in [1.165, 1.54) is 77.0 Å². The molecule has 204 valence electrons. The van der Waals surface area contributed by atoms with Gasteiger partial charge in [0, 0.05) is 22.8 Å². The molecule has 1 aliphatic rings. The minimum absolute atomic E-state index is 0. The lowest BCUT2D eigenvalue weighted by Crippen LogP contribution is -3.00. The average molecular weight is 577 g/mol. The zero-order chi connectivity index (χ0) is 26.3. The number of quaternary nitrogens is 1. The Morgan fingerprint density at radius 1 is 0.730 bits per heavy atom. The third-order valence-corrected chi connectivity index (χ3v) is 7.18. The molecule has 2 N–H and O–H groups in total. The summed E-state index contributed by atoms with van der Waals surface area (Å²) in [6, 6.07) is 6.06. The maximum absolute atomic E-state index is 13.3.